The molecule has 0 atom stereocenters. The number of rotatable bonds is 4. The van der Waals surface area contributed by atoms with E-state index in [-0.39, 0.29) is 0 Å². The third-order valence-corrected chi connectivity index (χ3v) is 4.47. The van der Waals surface area contributed by atoms with Crippen molar-refractivity contribution in [1.82, 2.24) is 19.6 Å². The van der Waals surface area contributed by atoms with Crippen molar-refractivity contribution < 1.29 is 9.53 Å². The minimum atomic E-state index is -0.412. The van der Waals surface area contributed by atoms with E-state index >= 15 is 0 Å². The van der Waals surface area contributed by atoms with E-state index < -0.39 is 5.97 Å². The van der Waals surface area contributed by atoms with Crippen molar-refractivity contribution in [2.24, 2.45) is 0 Å². The van der Waals surface area contributed by atoms with Crippen LogP contribution in [0.15, 0.2) is 42.5 Å². The minimum Gasteiger partial charge on any atom is -0.461 e. The minimum absolute atomic E-state index is 0.311. The summed E-state index contributed by atoms with van der Waals surface area (Å²) in [5, 5.41) is 5.77. The van der Waals surface area contributed by atoms with Gasteiger partial charge in [-0.15, -0.1) is 0 Å². The molecule has 1 aromatic carbocycles. The molecule has 3 aromatic heterocycles. The molecular formula is C21H20N4O2. The van der Waals surface area contributed by atoms with Crippen LogP contribution in [-0.2, 0) is 11.2 Å². The molecule has 27 heavy (non-hydrogen) atoms. The van der Waals surface area contributed by atoms with Crippen LogP contribution < -0.4 is 0 Å². The van der Waals surface area contributed by atoms with Crippen LogP contribution in [0.1, 0.15) is 35.7 Å². The first-order valence-electron chi connectivity index (χ1n) is 9.03. The third-order valence-electron chi connectivity index (χ3n) is 4.47. The zero-order valence-corrected chi connectivity index (χ0v) is 15.6. The number of aryl methyl sites for hydroxylation is 2. The molecule has 0 aliphatic rings. The molecule has 4 rings (SSSR count). The lowest BCUT2D eigenvalue weighted by atomic mass is 10.1. The lowest BCUT2D eigenvalue weighted by Gasteiger charge is -2.05. The van der Waals surface area contributed by atoms with Gasteiger partial charge in [0.05, 0.1) is 17.8 Å². The Morgan fingerprint density at radius 2 is 1.93 bits per heavy atom. The molecule has 0 amide bonds. The number of hydrogen-bond donors (Lipinski definition) is 0. The van der Waals surface area contributed by atoms with Crippen LogP contribution in [0.25, 0.3) is 27.8 Å². The van der Waals surface area contributed by atoms with Crippen molar-refractivity contribution >= 4 is 22.5 Å². The summed E-state index contributed by atoms with van der Waals surface area (Å²) in [6.07, 6.45) is 0.730. The van der Waals surface area contributed by atoms with Crippen LogP contribution in [0.4, 0.5) is 0 Å². The van der Waals surface area contributed by atoms with Gasteiger partial charge in [-0.25, -0.2) is 14.3 Å². The van der Waals surface area contributed by atoms with Gasteiger partial charge in [0.15, 0.2) is 11.3 Å². The van der Waals surface area contributed by atoms with Crippen LogP contribution in [0, 0.1) is 6.92 Å². The van der Waals surface area contributed by atoms with Crippen molar-refractivity contribution in [2.75, 3.05) is 6.61 Å². The number of esters is 1. The van der Waals surface area contributed by atoms with Crippen molar-refractivity contribution in [3.05, 3.63) is 59.5 Å². The first-order valence-corrected chi connectivity index (χ1v) is 9.03. The van der Waals surface area contributed by atoms with Crippen molar-refractivity contribution in [1.29, 1.82) is 0 Å². The van der Waals surface area contributed by atoms with Gasteiger partial charge in [-0.3, -0.25) is 4.98 Å². The van der Waals surface area contributed by atoms with E-state index in [1.165, 1.54) is 0 Å². The molecule has 6 heteroatoms. The van der Waals surface area contributed by atoms with E-state index in [1.807, 2.05) is 38.1 Å². The number of hydrogen-bond acceptors (Lipinski definition) is 5. The smallest absolute Gasteiger partial charge is 0.357 e. The van der Waals surface area contributed by atoms with Gasteiger partial charge in [0.1, 0.15) is 0 Å². The summed E-state index contributed by atoms with van der Waals surface area (Å²) >= 11 is 0. The molecule has 4 aromatic rings. The Hall–Kier alpha value is -3.28. The Labute approximate surface area is 156 Å². The van der Waals surface area contributed by atoms with Gasteiger partial charge in [-0.05, 0) is 44.5 Å². The Balaban J connectivity index is 1.83. The average Bonchev–Trinajstić information content (AvgIpc) is 3.11. The number of ether oxygens (including phenoxy) is 1. The molecule has 0 unspecified atom stereocenters. The highest BCUT2D eigenvalue weighted by atomic mass is 16.5. The largest absolute Gasteiger partial charge is 0.461 e. The number of fused-ring (bicyclic) bond motifs is 2. The highest BCUT2D eigenvalue weighted by Gasteiger charge is 2.15. The molecular weight excluding hydrogens is 340 g/mol. The maximum Gasteiger partial charge on any atom is 0.357 e. The summed E-state index contributed by atoms with van der Waals surface area (Å²) in [7, 11) is 0. The Bertz CT molecular complexity index is 1160. The molecule has 0 radical (unpaired) electrons. The summed E-state index contributed by atoms with van der Waals surface area (Å²) < 4.78 is 6.87. The first kappa shape index (κ1) is 17.1. The second-order valence-electron chi connectivity index (χ2n) is 6.37. The Morgan fingerprint density at radius 1 is 1.07 bits per heavy atom. The lowest BCUT2D eigenvalue weighted by molar-refractivity contribution is 0.0519. The summed E-state index contributed by atoms with van der Waals surface area (Å²) in [4.78, 5) is 21.1. The van der Waals surface area contributed by atoms with E-state index in [0.717, 1.165) is 40.0 Å². The topological polar surface area (TPSA) is 69.4 Å². The van der Waals surface area contributed by atoms with E-state index in [4.69, 9.17) is 9.84 Å². The number of pyridine rings is 1. The molecule has 0 saturated heterocycles. The number of benzene rings is 1. The fourth-order valence-corrected chi connectivity index (χ4v) is 3.13. The van der Waals surface area contributed by atoms with Gasteiger partial charge in [0.25, 0.3) is 0 Å². The maximum atomic E-state index is 12.1. The fourth-order valence-electron chi connectivity index (χ4n) is 3.13. The fraction of sp³-hybridized carbons (Fsp3) is 0.238. The maximum absolute atomic E-state index is 12.1. The molecule has 0 aliphatic heterocycles. The van der Waals surface area contributed by atoms with E-state index in [2.05, 4.69) is 22.1 Å². The number of nitrogens with zero attached hydrogens (tertiary/aromatic N) is 4. The van der Waals surface area contributed by atoms with E-state index in [9.17, 15) is 4.79 Å². The summed E-state index contributed by atoms with van der Waals surface area (Å²) in [6.45, 7) is 6.11. The van der Waals surface area contributed by atoms with Gasteiger partial charge < -0.3 is 4.74 Å². The van der Waals surface area contributed by atoms with Gasteiger partial charge in [0.2, 0.25) is 0 Å². The number of carbonyl (C=O) groups is 1. The van der Waals surface area contributed by atoms with Gasteiger partial charge >= 0.3 is 5.97 Å². The first-order chi connectivity index (χ1) is 13.1. The highest BCUT2D eigenvalue weighted by Crippen LogP contribution is 2.24. The Morgan fingerprint density at radius 3 is 2.70 bits per heavy atom. The Kier molecular flexibility index (Phi) is 4.32. The molecule has 136 valence electrons. The van der Waals surface area contributed by atoms with Crippen LogP contribution in [0.5, 0.6) is 0 Å². The molecule has 0 fully saturated rings. The van der Waals surface area contributed by atoms with Crippen molar-refractivity contribution in [3.63, 3.8) is 0 Å². The number of carbonyl (C=O) groups excluding carboxylic acids is 1. The van der Waals surface area contributed by atoms with Gasteiger partial charge in [-0.2, -0.15) is 5.10 Å². The predicted molar refractivity (Wildman–Crippen MR) is 104 cm³/mol. The predicted octanol–water partition coefficient (Wildman–Crippen LogP) is 3.99. The van der Waals surface area contributed by atoms with Crippen molar-refractivity contribution in [2.45, 2.75) is 27.2 Å². The SMILES string of the molecule is CCOC(=O)c1cc(CC)n2nc(-c3ccc4nc(C)ccc4c3)cc2n1. The quantitative estimate of drug-likeness (QED) is 0.515. The zero-order valence-electron chi connectivity index (χ0n) is 15.6. The summed E-state index contributed by atoms with van der Waals surface area (Å²) in [5.74, 6) is -0.412. The second-order valence-corrected chi connectivity index (χ2v) is 6.37. The molecule has 0 N–H and O–H groups in total. The van der Waals surface area contributed by atoms with E-state index in [1.54, 1.807) is 17.5 Å². The average molecular weight is 360 g/mol. The molecule has 0 bridgehead atoms. The molecule has 3 heterocycles. The molecule has 0 spiro atoms. The highest BCUT2D eigenvalue weighted by molar-refractivity contribution is 5.88. The third kappa shape index (κ3) is 3.14. The molecule has 6 nitrogen and oxygen atoms in total. The monoisotopic (exact) mass is 360 g/mol. The zero-order chi connectivity index (χ0) is 19.0. The van der Waals surface area contributed by atoms with E-state index in [0.29, 0.717) is 17.9 Å². The van der Waals surface area contributed by atoms with Gasteiger partial charge in [0, 0.05) is 28.4 Å². The summed E-state index contributed by atoms with van der Waals surface area (Å²) in [5.41, 5.74) is 5.59. The molecule has 0 saturated carbocycles. The van der Waals surface area contributed by atoms with Crippen LogP contribution in [0.3, 0.4) is 0 Å². The van der Waals surface area contributed by atoms with Crippen LogP contribution >= 0.6 is 0 Å². The summed E-state index contributed by atoms with van der Waals surface area (Å²) in [6, 6.07) is 13.8. The molecule has 0 aliphatic carbocycles. The normalized spacial score (nSPS) is 11.2. The van der Waals surface area contributed by atoms with Crippen LogP contribution in [0.2, 0.25) is 0 Å². The lowest BCUT2D eigenvalue weighted by Crippen LogP contribution is -2.10. The second kappa shape index (κ2) is 6.79. The standard InChI is InChI=1S/C21H20N4O2/c1-4-16-11-19(21(26)27-5-2)23-20-12-18(24-25(16)20)15-8-9-17-14(10-15)7-6-13(3)22-17/h6-12H,4-5H2,1-3H3. The van der Waals surface area contributed by atoms with Crippen molar-refractivity contribution in [3.8, 4) is 11.3 Å². The van der Waals surface area contributed by atoms with Crippen LogP contribution in [-0.4, -0.2) is 32.2 Å². The van der Waals surface area contributed by atoms with Gasteiger partial charge in [-0.1, -0.05) is 19.1 Å². The number of aromatic nitrogens is 4.